The van der Waals surface area contributed by atoms with Gasteiger partial charge in [0.25, 0.3) is 0 Å². The second-order valence-corrected chi connectivity index (χ2v) is 10.7. The van der Waals surface area contributed by atoms with E-state index in [0.717, 1.165) is 12.1 Å². The van der Waals surface area contributed by atoms with Crippen LogP contribution in [0, 0.1) is 6.92 Å². The van der Waals surface area contributed by atoms with Crippen molar-refractivity contribution in [2.45, 2.75) is 38.0 Å². The summed E-state index contributed by atoms with van der Waals surface area (Å²) in [5, 5.41) is 9.23. The van der Waals surface area contributed by atoms with Gasteiger partial charge in [0.1, 0.15) is 0 Å². The summed E-state index contributed by atoms with van der Waals surface area (Å²) in [4.78, 5) is 0. The van der Waals surface area contributed by atoms with E-state index >= 15 is 0 Å². The fourth-order valence-electron chi connectivity index (χ4n) is 4.15. The molecule has 5 rings (SSSR count). The van der Waals surface area contributed by atoms with Gasteiger partial charge in [0, 0.05) is 0 Å². The second-order valence-electron chi connectivity index (χ2n) is 7.32. The molecule has 28 heavy (non-hydrogen) atoms. The van der Waals surface area contributed by atoms with Crippen molar-refractivity contribution in [3.05, 3.63) is 80.3 Å². The van der Waals surface area contributed by atoms with Crippen LogP contribution in [0.2, 0.25) is 0 Å². The zero-order chi connectivity index (χ0) is 18.9. The van der Waals surface area contributed by atoms with Gasteiger partial charge in [-0.15, -0.1) is 0 Å². The van der Waals surface area contributed by atoms with Crippen LogP contribution in [0.3, 0.4) is 0 Å². The number of aryl methyl sites for hydroxylation is 2. The van der Waals surface area contributed by atoms with Crippen LogP contribution in [0.1, 0.15) is 50.4 Å². The fourth-order valence-corrected chi connectivity index (χ4v) is 7.55. The van der Waals surface area contributed by atoms with Crippen molar-refractivity contribution in [1.82, 2.24) is 18.4 Å². The number of benzene rings is 2. The molecule has 6 heteroatoms. The van der Waals surface area contributed by atoms with Crippen LogP contribution < -0.4 is 0 Å². The molecule has 1 aliphatic rings. The molecule has 1 aliphatic carbocycles. The number of hydrogen-bond donors (Lipinski definition) is 0. The van der Waals surface area contributed by atoms with Crippen LogP contribution in [0.15, 0.2) is 54.6 Å². The predicted molar refractivity (Wildman–Crippen MR) is 112 cm³/mol. The molecule has 0 unspecified atom stereocenters. The van der Waals surface area contributed by atoms with Crippen LogP contribution >= 0.6 is 0 Å². The summed E-state index contributed by atoms with van der Waals surface area (Å²) in [7, 11) is 0. The Hall–Kier alpha value is -1.84. The van der Waals surface area contributed by atoms with Crippen LogP contribution in [-0.2, 0) is 6.42 Å². The van der Waals surface area contributed by atoms with Gasteiger partial charge in [-0.25, -0.2) is 0 Å². The van der Waals surface area contributed by atoms with Gasteiger partial charge in [-0.2, -0.15) is 0 Å². The van der Waals surface area contributed by atoms with E-state index < -0.39 is 0 Å². The van der Waals surface area contributed by atoms with Gasteiger partial charge < -0.3 is 0 Å². The van der Waals surface area contributed by atoms with Crippen LogP contribution in [-0.4, -0.2) is 47.9 Å². The fraction of sp³-hybridized carbons (Fsp3) is 0.273. The van der Waals surface area contributed by atoms with Gasteiger partial charge >= 0.3 is 177 Å². The standard InChI is InChI=1S/C22H20N4Se2/c1-14-10-12-16(13-11-14)20-22(28-26-23-20)19(15-6-3-2-4-7-15)17-8-5-9-18-21(17)24-25-27-18/h2-4,6-7,10-13,17,19H,5,8-9H2,1H3/t17-,19-/m0/s1. The average molecular weight is 498 g/mol. The first kappa shape index (κ1) is 18.2. The molecule has 2 atom stereocenters. The molecule has 0 radical (unpaired) electrons. The third-order valence-electron chi connectivity index (χ3n) is 5.54. The third-order valence-corrected chi connectivity index (χ3v) is 8.90. The minimum absolute atomic E-state index is 0.0276. The first-order valence-corrected chi connectivity index (χ1v) is 12.8. The van der Waals surface area contributed by atoms with Crippen molar-refractivity contribution in [3.8, 4) is 11.3 Å². The summed E-state index contributed by atoms with van der Waals surface area (Å²) >= 11 is 0.235. The molecule has 0 aliphatic heterocycles. The molecule has 4 aromatic rings. The number of hydrogen-bond acceptors (Lipinski definition) is 4. The van der Waals surface area contributed by atoms with Crippen molar-refractivity contribution in [3.63, 3.8) is 0 Å². The molecular formula is C22H20N4Se2. The summed E-state index contributed by atoms with van der Waals surface area (Å²) in [6, 6.07) is 19.6. The SMILES string of the molecule is Cc1ccc(-c2nn[se]c2[C@@H](c2ccccc2)[C@@H]2CCCc3[se]nnc32)cc1. The Kier molecular flexibility index (Phi) is 5.13. The number of fused-ring (bicyclic) bond motifs is 1. The zero-order valence-corrected chi connectivity index (χ0v) is 19.0. The van der Waals surface area contributed by atoms with Crippen molar-refractivity contribution in [2.75, 3.05) is 0 Å². The Morgan fingerprint density at radius 1 is 0.929 bits per heavy atom. The van der Waals surface area contributed by atoms with Crippen molar-refractivity contribution in [1.29, 1.82) is 0 Å². The van der Waals surface area contributed by atoms with Crippen molar-refractivity contribution >= 4 is 29.5 Å². The van der Waals surface area contributed by atoms with Gasteiger partial charge in [0.05, 0.1) is 0 Å². The number of nitrogens with zero attached hydrogens (tertiary/aromatic N) is 4. The summed E-state index contributed by atoms with van der Waals surface area (Å²) in [5.41, 5.74) is 6.12. The summed E-state index contributed by atoms with van der Waals surface area (Å²) in [6.07, 6.45) is 3.56. The third kappa shape index (κ3) is 3.35. The Morgan fingerprint density at radius 2 is 1.71 bits per heavy atom. The van der Waals surface area contributed by atoms with E-state index in [1.807, 2.05) is 0 Å². The Bertz CT molecular complexity index is 1070. The Labute approximate surface area is 177 Å². The van der Waals surface area contributed by atoms with Crippen LogP contribution in [0.5, 0.6) is 0 Å². The van der Waals surface area contributed by atoms with E-state index in [0.29, 0.717) is 5.92 Å². The number of rotatable bonds is 4. The van der Waals surface area contributed by atoms with E-state index in [1.54, 1.807) is 0 Å². The van der Waals surface area contributed by atoms with Crippen molar-refractivity contribution in [2.24, 2.45) is 0 Å². The Balaban J connectivity index is 1.66. The molecule has 140 valence electrons. The molecule has 2 aromatic carbocycles. The zero-order valence-electron chi connectivity index (χ0n) is 15.6. The maximum atomic E-state index is 4.62. The van der Waals surface area contributed by atoms with E-state index in [-0.39, 0.29) is 35.4 Å². The molecule has 2 heterocycles. The molecule has 2 aromatic heterocycles. The summed E-state index contributed by atoms with van der Waals surface area (Å²) < 4.78 is 11.8. The minimum atomic E-state index is 0.0276. The average Bonchev–Trinajstić information content (AvgIpc) is 3.40. The topological polar surface area (TPSA) is 51.6 Å². The van der Waals surface area contributed by atoms with E-state index in [9.17, 15) is 0 Å². The van der Waals surface area contributed by atoms with E-state index in [4.69, 9.17) is 0 Å². The first-order valence-electron chi connectivity index (χ1n) is 9.56. The summed E-state index contributed by atoms with van der Waals surface area (Å²) in [6.45, 7) is 2.12. The van der Waals surface area contributed by atoms with Gasteiger partial charge in [-0.3, -0.25) is 0 Å². The maximum absolute atomic E-state index is 4.62. The predicted octanol–water partition coefficient (Wildman–Crippen LogP) is 3.61. The molecule has 0 N–H and O–H groups in total. The number of aromatic nitrogens is 4. The molecule has 0 bridgehead atoms. The van der Waals surface area contributed by atoms with Gasteiger partial charge in [-0.1, -0.05) is 0 Å². The van der Waals surface area contributed by atoms with Crippen LogP contribution in [0.25, 0.3) is 11.3 Å². The summed E-state index contributed by atoms with van der Waals surface area (Å²) in [5.74, 6) is 0.672. The molecule has 0 saturated heterocycles. The van der Waals surface area contributed by atoms with Gasteiger partial charge in [-0.05, 0) is 0 Å². The van der Waals surface area contributed by atoms with E-state index in [1.165, 1.54) is 44.1 Å². The molecule has 0 saturated carbocycles. The quantitative estimate of drug-likeness (QED) is 0.404. The molecule has 0 spiro atoms. The van der Waals surface area contributed by atoms with Gasteiger partial charge in [0.15, 0.2) is 0 Å². The second kappa shape index (κ2) is 7.88. The monoisotopic (exact) mass is 500 g/mol. The van der Waals surface area contributed by atoms with Crippen LogP contribution in [0.4, 0.5) is 0 Å². The molecular weight excluding hydrogens is 478 g/mol. The Morgan fingerprint density at radius 3 is 2.54 bits per heavy atom. The van der Waals surface area contributed by atoms with Gasteiger partial charge in [0.2, 0.25) is 0 Å². The normalized spacial score (nSPS) is 17.2. The van der Waals surface area contributed by atoms with Crippen molar-refractivity contribution < 1.29 is 0 Å². The molecule has 4 nitrogen and oxygen atoms in total. The van der Waals surface area contributed by atoms with E-state index in [2.05, 4.69) is 79.9 Å². The first-order chi connectivity index (χ1) is 13.8. The molecule has 0 fully saturated rings. The molecule has 0 amide bonds.